The van der Waals surface area contributed by atoms with Gasteiger partial charge in [0, 0.05) is 37.2 Å². The molecule has 0 spiro atoms. The first-order valence-corrected chi connectivity index (χ1v) is 15.7. The van der Waals surface area contributed by atoms with Gasteiger partial charge in [0.2, 0.25) is 12.8 Å². The summed E-state index contributed by atoms with van der Waals surface area (Å²) >= 11 is 11.7. The van der Waals surface area contributed by atoms with Gasteiger partial charge in [-0.1, -0.05) is 116 Å². The molecule has 2 atom stereocenters. The van der Waals surface area contributed by atoms with Crippen LogP contribution in [0, 0.1) is 17.0 Å². The van der Waals surface area contributed by atoms with E-state index in [0.29, 0.717) is 48.1 Å². The van der Waals surface area contributed by atoms with Gasteiger partial charge in [0.15, 0.2) is 0 Å². The van der Waals surface area contributed by atoms with Gasteiger partial charge in [0.05, 0.1) is 10.0 Å². The fraction of sp³-hybridized carbons (Fsp3) is 0.576. The molecule has 0 unspecified atom stereocenters. The van der Waals surface area contributed by atoms with Gasteiger partial charge in [-0.3, -0.25) is 9.59 Å². The second-order valence-corrected chi connectivity index (χ2v) is 12.3. The van der Waals surface area contributed by atoms with E-state index in [2.05, 4.69) is 43.6 Å². The summed E-state index contributed by atoms with van der Waals surface area (Å²) in [6.07, 6.45) is 9.73. The van der Waals surface area contributed by atoms with Crippen LogP contribution in [0.5, 0.6) is 0 Å². The fourth-order valence-electron chi connectivity index (χ4n) is 4.28. The Balaban J connectivity index is 0.000000759. The second-order valence-electron chi connectivity index (χ2n) is 11.5. The van der Waals surface area contributed by atoms with Crippen molar-refractivity contribution in [3.8, 4) is 0 Å². The maximum atomic E-state index is 14.4. The number of hydrogen-bond acceptors (Lipinski definition) is 3. The number of amides is 2. The lowest BCUT2D eigenvalue weighted by Crippen LogP contribution is -2.13. The summed E-state index contributed by atoms with van der Waals surface area (Å²) in [4.78, 5) is 20.3. The molecule has 42 heavy (non-hydrogen) atoms. The molecule has 9 heteroatoms. The van der Waals surface area contributed by atoms with Gasteiger partial charge in [-0.2, -0.15) is 0 Å². The van der Waals surface area contributed by atoms with Crippen molar-refractivity contribution >= 4 is 41.7 Å². The third kappa shape index (κ3) is 15.9. The van der Waals surface area contributed by atoms with Crippen LogP contribution in [0.3, 0.4) is 0 Å². The third-order valence-corrected chi connectivity index (χ3v) is 6.61. The number of nitrogens with one attached hydrogen (secondary N) is 3. The van der Waals surface area contributed by atoms with Crippen LogP contribution in [-0.2, 0) is 9.59 Å². The van der Waals surface area contributed by atoms with Crippen molar-refractivity contribution in [2.24, 2.45) is 5.41 Å². The Morgan fingerprint density at radius 3 is 1.86 bits per heavy atom. The molecule has 0 aromatic heterocycles. The Morgan fingerprint density at radius 2 is 1.40 bits per heavy atom. The molecule has 1 saturated carbocycles. The topological polar surface area (TPSA) is 70.2 Å². The molecule has 2 amide bonds. The van der Waals surface area contributed by atoms with E-state index in [1.807, 2.05) is 20.8 Å². The molecule has 2 fully saturated rings. The molecule has 238 valence electrons. The lowest BCUT2D eigenvalue weighted by molar-refractivity contribution is -0.109. The first-order chi connectivity index (χ1) is 19.9. The minimum absolute atomic E-state index is 0.0478. The minimum Gasteiger partial charge on any atom is -0.359 e. The second kappa shape index (κ2) is 22.3. The predicted molar refractivity (Wildman–Crippen MR) is 175 cm³/mol. The van der Waals surface area contributed by atoms with Crippen molar-refractivity contribution in [3.05, 3.63) is 63.1 Å². The van der Waals surface area contributed by atoms with Gasteiger partial charge in [-0.05, 0) is 41.2 Å². The summed E-state index contributed by atoms with van der Waals surface area (Å²) in [5, 5.41) is 8.21. The lowest BCUT2D eigenvalue weighted by atomic mass is 9.83. The molecule has 1 aliphatic carbocycles. The summed E-state index contributed by atoms with van der Waals surface area (Å²) in [6.45, 7) is 16.6. The number of anilines is 1. The standard InChI is InChI=1S/C17H14Cl2F2N2O.C5H10.C5H12.C4H9NO.C2H6/c18-13-3-1-2-9(17(13)21)11-6-22-7-12(11)10-4-15(20)14(19)5-16(10)23-8-24;1-2-4-5-3-1;1-5(2,3)4;1-2-3-5-4-6;1-2/h1-5,8,11-12,22H,6-7H2,(H,23,24);1-5H2;1-4H3;4H,2-3H2,1H3,(H,5,6);1-2H3/t11-,12+;;;;/m1..../s1. The van der Waals surface area contributed by atoms with Crippen molar-refractivity contribution in [2.45, 2.75) is 98.8 Å². The number of carbonyl (C=O) groups is 2. The van der Waals surface area contributed by atoms with Crippen LogP contribution in [-0.4, -0.2) is 32.5 Å². The Hall–Kier alpha value is -2.22. The van der Waals surface area contributed by atoms with Gasteiger partial charge in [-0.25, -0.2) is 8.78 Å². The summed E-state index contributed by atoms with van der Waals surface area (Å²) in [5.41, 5.74) is 1.95. The molecule has 1 aliphatic heterocycles. The molecule has 2 aromatic carbocycles. The molecule has 2 aliphatic rings. The van der Waals surface area contributed by atoms with E-state index in [1.54, 1.807) is 12.1 Å². The SMILES string of the molecule is C1CCCC1.CC.CC(C)(C)C.CCCNC=O.O=CNc1cc(Cl)c(F)cc1[C@@H]1CNC[C@@H]1c1cccc(Cl)c1F. The average molecular weight is 631 g/mol. The number of carbonyl (C=O) groups excluding carboxylic acids is 2. The Labute approximate surface area is 262 Å². The van der Waals surface area contributed by atoms with E-state index >= 15 is 0 Å². The molecule has 0 bridgehead atoms. The lowest BCUT2D eigenvalue weighted by Gasteiger charge is -2.23. The smallest absolute Gasteiger partial charge is 0.211 e. The van der Waals surface area contributed by atoms with Gasteiger partial charge >= 0.3 is 0 Å². The Morgan fingerprint density at radius 1 is 0.881 bits per heavy atom. The highest BCUT2D eigenvalue weighted by Gasteiger charge is 2.34. The van der Waals surface area contributed by atoms with E-state index in [9.17, 15) is 18.4 Å². The Kier molecular flexibility index (Phi) is 21.2. The van der Waals surface area contributed by atoms with E-state index < -0.39 is 11.6 Å². The van der Waals surface area contributed by atoms with Gasteiger partial charge in [0.25, 0.3) is 0 Å². The number of benzene rings is 2. The van der Waals surface area contributed by atoms with E-state index in [4.69, 9.17) is 23.2 Å². The van der Waals surface area contributed by atoms with Crippen LogP contribution in [0.4, 0.5) is 14.5 Å². The summed E-state index contributed by atoms with van der Waals surface area (Å²) in [5.74, 6) is -1.53. The third-order valence-electron chi connectivity index (χ3n) is 6.03. The van der Waals surface area contributed by atoms with Crippen LogP contribution < -0.4 is 16.0 Å². The number of halogens is 4. The largest absolute Gasteiger partial charge is 0.359 e. The van der Waals surface area contributed by atoms with Crippen LogP contribution in [0.1, 0.15) is 110 Å². The van der Waals surface area contributed by atoms with Crippen LogP contribution in [0.25, 0.3) is 0 Å². The quantitative estimate of drug-likeness (QED) is 0.211. The zero-order valence-electron chi connectivity index (χ0n) is 26.4. The zero-order chi connectivity index (χ0) is 32.1. The molecular weight excluding hydrogens is 579 g/mol. The molecule has 1 heterocycles. The highest BCUT2D eigenvalue weighted by atomic mass is 35.5. The van der Waals surface area contributed by atoms with Crippen molar-refractivity contribution < 1.29 is 18.4 Å². The minimum atomic E-state index is -0.583. The molecule has 4 rings (SSSR count). The highest BCUT2D eigenvalue weighted by molar-refractivity contribution is 6.31. The molecule has 0 radical (unpaired) electrons. The first kappa shape index (κ1) is 39.8. The summed E-state index contributed by atoms with van der Waals surface area (Å²) < 4.78 is 28.4. The summed E-state index contributed by atoms with van der Waals surface area (Å²) in [6, 6.07) is 7.50. The van der Waals surface area contributed by atoms with E-state index in [0.717, 1.165) is 13.0 Å². The Bertz CT molecular complexity index is 1030. The first-order valence-electron chi connectivity index (χ1n) is 14.9. The average Bonchev–Trinajstić information content (AvgIpc) is 3.68. The van der Waals surface area contributed by atoms with Crippen LogP contribution in [0.15, 0.2) is 30.3 Å². The predicted octanol–water partition coefficient (Wildman–Crippen LogP) is 9.48. The van der Waals surface area contributed by atoms with Crippen molar-refractivity contribution in [3.63, 3.8) is 0 Å². The van der Waals surface area contributed by atoms with Crippen LogP contribution in [0.2, 0.25) is 10.0 Å². The maximum absolute atomic E-state index is 14.4. The monoisotopic (exact) mass is 629 g/mol. The zero-order valence-corrected chi connectivity index (χ0v) is 27.9. The summed E-state index contributed by atoms with van der Waals surface area (Å²) in [7, 11) is 0. The molecule has 1 saturated heterocycles. The van der Waals surface area contributed by atoms with E-state index in [1.165, 1.54) is 50.3 Å². The molecular formula is C33H51Cl2F2N3O2. The maximum Gasteiger partial charge on any atom is 0.211 e. The van der Waals surface area contributed by atoms with Gasteiger partial charge in [0.1, 0.15) is 11.6 Å². The molecule has 5 nitrogen and oxygen atoms in total. The number of rotatable bonds is 7. The van der Waals surface area contributed by atoms with Gasteiger partial charge in [-0.15, -0.1) is 0 Å². The van der Waals surface area contributed by atoms with E-state index in [-0.39, 0.29) is 21.9 Å². The van der Waals surface area contributed by atoms with Crippen molar-refractivity contribution in [1.29, 1.82) is 0 Å². The molecule has 2 aromatic rings. The molecule has 3 N–H and O–H groups in total. The van der Waals surface area contributed by atoms with Crippen LogP contribution >= 0.6 is 23.2 Å². The normalized spacial score (nSPS) is 17.0. The van der Waals surface area contributed by atoms with Crippen molar-refractivity contribution in [1.82, 2.24) is 10.6 Å². The highest BCUT2D eigenvalue weighted by Crippen LogP contribution is 2.42. The number of hydrogen-bond donors (Lipinski definition) is 3. The van der Waals surface area contributed by atoms with Crippen molar-refractivity contribution in [2.75, 3.05) is 25.0 Å². The fourth-order valence-corrected chi connectivity index (χ4v) is 4.63. The van der Waals surface area contributed by atoms with Gasteiger partial charge < -0.3 is 16.0 Å².